The molecule has 0 aliphatic carbocycles. The molecule has 0 heterocycles. The van der Waals surface area contributed by atoms with Gasteiger partial charge in [0.2, 0.25) is 5.91 Å². The molecule has 136 valence electrons. The van der Waals surface area contributed by atoms with Crippen molar-refractivity contribution in [1.29, 1.82) is 0 Å². The van der Waals surface area contributed by atoms with Crippen LogP contribution in [0.1, 0.15) is 33.9 Å². The number of carbonyl (C=O) groups excluding carboxylic acids is 3. The van der Waals surface area contributed by atoms with Crippen molar-refractivity contribution in [3.05, 3.63) is 70.2 Å². The molecule has 0 bridgehead atoms. The number of rotatable bonds is 5. The van der Waals surface area contributed by atoms with E-state index in [-0.39, 0.29) is 6.42 Å². The first-order chi connectivity index (χ1) is 12.4. The van der Waals surface area contributed by atoms with E-state index < -0.39 is 23.9 Å². The van der Waals surface area contributed by atoms with Crippen molar-refractivity contribution in [3.8, 4) is 0 Å². The van der Waals surface area contributed by atoms with Gasteiger partial charge in [-0.1, -0.05) is 35.9 Å². The van der Waals surface area contributed by atoms with E-state index >= 15 is 0 Å². The maximum absolute atomic E-state index is 12.2. The number of benzene rings is 2. The van der Waals surface area contributed by atoms with Gasteiger partial charge in [-0.3, -0.25) is 20.4 Å². The Bertz CT molecular complexity index is 808. The molecule has 0 saturated carbocycles. The van der Waals surface area contributed by atoms with Crippen molar-refractivity contribution in [1.82, 2.24) is 16.2 Å². The highest BCUT2D eigenvalue weighted by Gasteiger charge is 2.19. The van der Waals surface area contributed by atoms with Gasteiger partial charge in [-0.05, 0) is 42.3 Å². The normalized spacial score (nSPS) is 11.3. The maximum atomic E-state index is 12.2. The summed E-state index contributed by atoms with van der Waals surface area (Å²) >= 11 is 5.77. The summed E-state index contributed by atoms with van der Waals surface area (Å²) in [5.74, 6) is -0.959. The molecular weight excluding hydrogens is 356 g/mol. The molecule has 1 atom stereocenters. The maximum Gasteiger partial charge on any atom is 0.312 e. The largest absolute Gasteiger partial charge is 0.352 e. The van der Waals surface area contributed by atoms with Crippen LogP contribution in [-0.2, 0) is 4.79 Å². The number of nitrogens with one attached hydrogen (secondary N) is 3. The zero-order valence-corrected chi connectivity index (χ0v) is 14.8. The molecule has 0 aromatic heterocycles. The number of hydrogen-bond acceptors (Lipinski definition) is 3. The van der Waals surface area contributed by atoms with E-state index in [9.17, 15) is 14.4 Å². The highest BCUT2D eigenvalue weighted by atomic mass is 35.5. The molecule has 2 aromatic carbocycles. The first kappa shape index (κ1) is 19.3. The molecule has 0 aliphatic heterocycles. The molecule has 7 nitrogen and oxygen atoms in total. The first-order valence-corrected chi connectivity index (χ1v) is 8.21. The Morgan fingerprint density at radius 1 is 1.04 bits per heavy atom. The molecular formula is C18H19ClN4O3. The van der Waals surface area contributed by atoms with E-state index in [1.807, 2.05) is 19.1 Å². The van der Waals surface area contributed by atoms with Crippen LogP contribution in [0, 0.1) is 6.92 Å². The number of nitrogens with two attached hydrogens (primary N) is 1. The summed E-state index contributed by atoms with van der Waals surface area (Å²) in [6.07, 6.45) is -0.0886. The van der Waals surface area contributed by atoms with E-state index in [1.165, 1.54) is 12.1 Å². The van der Waals surface area contributed by atoms with Crippen molar-refractivity contribution < 1.29 is 14.4 Å². The topological polar surface area (TPSA) is 113 Å². The van der Waals surface area contributed by atoms with Crippen molar-refractivity contribution in [2.24, 2.45) is 5.73 Å². The summed E-state index contributed by atoms with van der Waals surface area (Å²) in [4.78, 5) is 35.4. The summed E-state index contributed by atoms with van der Waals surface area (Å²) in [6, 6.07) is 12.2. The quantitative estimate of drug-likeness (QED) is 0.601. The third-order valence-corrected chi connectivity index (χ3v) is 3.94. The molecule has 0 radical (unpaired) electrons. The standard InChI is InChI=1S/C18H19ClN4O3/c1-11-4-2-3-5-14(11)15(21-18(20)26)10-16(24)22-23-17(25)12-6-8-13(19)9-7-12/h2-9,15H,10H2,1H3,(H,22,24)(H,23,25)(H3,20,21,26). The molecule has 2 aromatic rings. The Hall–Kier alpha value is -3.06. The molecule has 8 heteroatoms. The van der Waals surface area contributed by atoms with Crippen LogP contribution >= 0.6 is 11.6 Å². The van der Waals surface area contributed by atoms with Gasteiger partial charge in [0, 0.05) is 10.6 Å². The predicted octanol–water partition coefficient (Wildman–Crippen LogP) is 2.21. The van der Waals surface area contributed by atoms with Crippen LogP contribution in [0.3, 0.4) is 0 Å². The van der Waals surface area contributed by atoms with Gasteiger partial charge in [-0.2, -0.15) is 0 Å². The second kappa shape index (κ2) is 8.87. The highest BCUT2D eigenvalue weighted by Crippen LogP contribution is 2.20. The Balaban J connectivity index is 1.98. The summed E-state index contributed by atoms with van der Waals surface area (Å²) in [5, 5.41) is 3.05. The fourth-order valence-electron chi connectivity index (χ4n) is 2.42. The summed E-state index contributed by atoms with van der Waals surface area (Å²) in [7, 11) is 0. The van der Waals surface area contributed by atoms with Gasteiger partial charge < -0.3 is 11.1 Å². The number of hydrogen-bond donors (Lipinski definition) is 4. The zero-order valence-electron chi connectivity index (χ0n) is 14.1. The molecule has 5 N–H and O–H groups in total. The molecule has 26 heavy (non-hydrogen) atoms. The smallest absolute Gasteiger partial charge is 0.312 e. The molecule has 0 aliphatic rings. The first-order valence-electron chi connectivity index (χ1n) is 7.83. The predicted molar refractivity (Wildman–Crippen MR) is 98.3 cm³/mol. The van der Waals surface area contributed by atoms with Crippen LogP contribution < -0.4 is 21.9 Å². The van der Waals surface area contributed by atoms with Crippen LogP contribution in [-0.4, -0.2) is 17.8 Å². The molecule has 4 amide bonds. The number of hydrazine groups is 1. The van der Waals surface area contributed by atoms with Crippen molar-refractivity contribution in [3.63, 3.8) is 0 Å². The second-order valence-corrected chi connectivity index (χ2v) is 6.07. The SMILES string of the molecule is Cc1ccccc1C(CC(=O)NNC(=O)c1ccc(Cl)cc1)NC(N)=O. The minimum absolute atomic E-state index is 0.0886. The Morgan fingerprint density at radius 2 is 1.69 bits per heavy atom. The third-order valence-electron chi connectivity index (χ3n) is 3.69. The van der Waals surface area contributed by atoms with E-state index in [1.54, 1.807) is 24.3 Å². The van der Waals surface area contributed by atoms with Crippen LogP contribution in [0.25, 0.3) is 0 Å². The van der Waals surface area contributed by atoms with Crippen molar-refractivity contribution >= 4 is 29.4 Å². The lowest BCUT2D eigenvalue weighted by Crippen LogP contribution is -2.44. The van der Waals surface area contributed by atoms with E-state index in [2.05, 4.69) is 16.2 Å². The minimum Gasteiger partial charge on any atom is -0.352 e. The molecule has 2 rings (SSSR count). The highest BCUT2D eigenvalue weighted by molar-refractivity contribution is 6.30. The monoisotopic (exact) mass is 374 g/mol. The Labute approximate surface area is 155 Å². The lowest BCUT2D eigenvalue weighted by molar-refractivity contribution is -0.122. The fourth-order valence-corrected chi connectivity index (χ4v) is 2.55. The number of primary amides is 1. The van der Waals surface area contributed by atoms with Gasteiger partial charge in [0.05, 0.1) is 12.5 Å². The van der Waals surface area contributed by atoms with Gasteiger partial charge in [-0.25, -0.2) is 4.79 Å². The van der Waals surface area contributed by atoms with E-state index in [4.69, 9.17) is 17.3 Å². The van der Waals surface area contributed by atoms with Crippen LogP contribution in [0.5, 0.6) is 0 Å². The Morgan fingerprint density at radius 3 is 2.31 bits per heavy atom. The van der Waals surface area contributed by atoms with Gasteiger partial charge >= 0.3 is 6.03 Å². The number of halogens is 1. The van der Waals surface area contributed by atoms with Crippen LogP contribution in [0.15, 0.2) is 48.5 Å². The molecule has 0 fully saturated rings. The third kappa shape index (κ3) is 5.49. The average Bonchev–Trinajstić information content (AvgIpc) is 2.60. The second-order valence-electron chi connectivity index (χ2n) is 5.63. The number of carbonyl (C=O) groups is 3. The fraction of sp³-hybridized carbons (Fsp3) is 0.167. The summed E-state index contributed by atoms with van der Waals surface area (Å²) in [5.41, 5.74) is 11.9. The number of aryl methyl sites for hydroxylation is 1. The van der Waals surface area contributed by atoms with E-state index in [0.29, 0.717) is 10.6 Å². The van der Waals surface area contributed by atoms with Crippen molar-refractivity contribution in [2.45, 2.75) is 19.4 Å². The summed E-state index contributed by atoms with van der Waals surface area (Å²) < 4.78 is 0. The number of urea groups is 1. The molecule has 0 saturated heterocycles. The lowest BCUT2D eigenvalue weighted by atomic mass is 9.98. The van der Waals surface area contributed by atoms with Gasteiger partial charge in [0.15, 0.2) is 0 Å². The average molecular weight is 375 g/mol. The molecule has 0 spiro atoms. The lowest BCUT2D eigenvalue weighted by Gasteiger charge is -2.19. The van der Waals surface area contributed by atoms with Crippen LogP contribution in [0.2, 0.25) is 5.02 Å². The van der Waals surface area contributed by atoms with Crippen molar-refractivity contribution in [2.75, 3.05) is 0 Å². The van der Waals surface area contributed by atoms with Gasteiger partial charge in [-0.15, -0.1) is 0 Å². The Kier molecular flexibility index (Phi) is 6.57. The number of amides is 4. The van der Waals surface area contributed by atoms with Gasteiger partial charge in [0.25, 0.3) is 5.91 Å². The minimum atomic E-state index is -0.740. The summed E-state index contributed by atoms with van der Waals surface area (Å²) in [6.45, 7) is 1.87. The molecule has 1 unspecified atom stereocenters. The van der Waals surface area contributed by atoms with Crippen LogP contribution in [0.4, 0.5) is 4.79 Å². The van der Waals surface area contributed by atoms with Gasteiger partial charge in [0.1, 0.15) is 0 Å². The van der Waals surface area contributed by atoms with E-state index in [0.717, 1.165) is 11.1 Å². The zero-order chi connectivity index (χ0) is 19.1.